The molecule has 0 radical (unpaired) electrons. The molecule has 256 valence electrons. The van der Waals surface area contributed by atoms with E-state index < -0.39 is 35.6 Å². The average Bonchev–Trinajstić information content (AvgIpc) is 3.88. The molecule has 4 N–H and O–H groups in total. The van der Waals surface area contributed by atoms with Gasteiger partial charge in [0.2, 0.25) is 11.4 Å². The number of carbonyl (C=O) groups is 2. The van der Waals surface area contributed by atoms with E-state index in [4.69, 9.17) is 21.1 Å². The fourth-order valence-corrected chi connectivity index (χ4v) is 5.05. The van der Waals surface area contributed by atoms with Gasteiger partial charge in [0.1, 0.15) is 17.2 Å². The number of H-pyrrole nitrogens is 2. The number of nitrogens with zero attached hydrogens (tertiary/aromatic N) is 7. The van der Waals surface area contributed by atoms with E-state index in [9.17, 15) is 33.0 Å². The monoisotopic (exact) mass is 737 g/mol. The van der Waals surface area contributed by atoms with Gasteiger partial charge in [0.15, 0.2) is 10.8 Å². The number of thiazole rings is 1. The van der Waals surface area contributed by atoms with Gasteiger partial charge in [-0.3, -0.25) is 0 Å². The van der Waals surface area contributed by atoms with E-state index in [2.05, 4.69) is 69.1 Å². The van der Waals surface area contributed by atoms with Crippen molar-refractivity contribution in [3.8, 4) is 52.7 Å². The van der Waals surface area contributed by atoms with Crippen LogP contribution in [-0.4, -0.2) is 73.9 Å². The van der Waals surface area contributed by atoms with Gasteiger partial charge in [-0.25, -0.2) is 29.3 Å². The quantitative estimate of drug-likeness (QED) is 0.145. The number of benzene rings is 2. The Bertz CT molecular complexity index is 2390. The number of hydrogen-bond donors (Lipinski definition) is 4. The summed E-state index contributed by atoms with van der Waals surface area (Å²) in [5, 5.41) is 36.5. The number of halogens is 4. The van der Waals surface area contributed by atoms with Crippen molar-refractivity contribution in [1.82, 2.24) is 45.4 Å². The van der Waals surface area contributed by atoms with Gasteiger partial charge in [-0.2, -0.15) is 0 Å². The van der Waals surface area contributed by atoms with E-state index >= 15 is 0 Å². The van der Waals surface area contributed by atoms with Crippen LogP contribution in [0.2, 0.25) is 5.02 Å². The minimum absolute atomic E-state index is 0.125. The molecule has 4 heterocycles. The number of carboxylic acid groups (broad SMARTS) is 2. The van der Waals surface area contributed by atoms with Crippen LogP contribution in [-0.2, 0) is 6.54 Å². The Balaban J connectivity index is 1.18. The lowest BCUT2D eigenvalue weighted by atomic mass is 10.2. The van der Waals surface area contributed by atoms with E-state index in [0.29, 0.717) is 15.4 Å². The summed E-state index contributed by atoms with van der Waals surface area (Å²) in [4.78, 5) is 34.8. The number of aromatic nitrogens is 9. The highest BCUT2D eigenvalue weighted by Gasteiger charge is 2.32. The summed E-state index contributed by atoms with van der Waals surface area (Å²) in [6.45, 7) is -0.125. The van der Waals surface area contributed by atoms with E-state index in [1.165, 1.54) is 48.9 Å². The van der Waals surface area contributed by atoms with Crippen LogP contribution in [0.3, 0.4) is 0 Å². The van der Waals surface area contributed by atoms with E-state index in [1.807, 2.05) is 0 Å². The first-order chi connectivity index (χ1) is 24.4. The topological polar surface area (TPSA) is 216 Å². The standard InChI is InChI=1S/C30H15ClF3N9O7S/c31-17-9-15(10-19(11-17)49-26-24(28(44)45)38-41-39-26)1-6-23-37-13-20(51-23)14-43-25(29(46)47)27(40-42-43)48-18-4-2-16(3-5-22-35-7-8-36-22)21(12-18)50-30(32,33)34/h2,4,7-13H,14H2,(H,35,36)(H,44,45)(H,46,47)(H,38,39,41). The lowest BCUT2D eigenvalue weighted by molar-refractivity contribution is -0.274. The lowest BCUT2D eigenvalue weighted by Crippen LogP contribution is -2.17. The van der Waals surface area contributed by atoms with Gasteiger partial charge < -0.3 is 29.4 Å². The van der Waals surface area contributed by atoms with Crippen LogP contribution in [0, 0.1) is 23.7 Å². The average molecular weight is 738 g/mol. The number of alkyl halides is 3. The van der Waals surface area contributed by atoms with Crippen molar-refractivity contribution in [1.29, 1.82) is 0 Å². The second-order valence-electron chi connectivity index (χ2n) is 9.66. The molecule has 6 rings (SSSR count). The second kappa shape index (κ2) is 14.3. The predicted molar refractivity (Wildman–Crippen MR) is 167 cm³/mol. The molecule has 6 aromatic rings. The van der Waals surface area contributed by atoms with Crippen LogP contribution in [0.5, 0.6) is 29.0 Å². The summed E-state index contributed by atoms with van der Waals surface area (Å²) >= 11 is 7.29. The molecule has 0 aliphatic rings. The van der Waals surface area contributed by atoms with Gasteiger partial charge >= 0.3 is 18.3 Å². The summed E-state index contributed by atoms with van der Waals surface area (Å²) in [6.07, 6.45) is -0.715. The zero-order valence-electron chi connectivity index (χ0n) is 24.9. The third-order valence-corrected chi connectivity index (χ3v) is 7.22. The third kappa shape index (κ3) is 8.58. The Morgan fingerprint density at radius 1 is 0.961 bits per heavy atom. The van der Waals surface area contributed by atoms with E-state index in [0.717, 1.165) is 22.1 Å². The zero-order valence-corrected chi connectivity index (χ0v) is 26.5. The number of hydrogen-bond acceptors (Lipinski definition) is 12. The van der Waals surface area contributed by atoms with Gasteiger partial charge in [-0.15, -0.1) is 24.5 Å². The summed E-state index contributed by atoms with van der Waals surface area (Å²) < 4.78 is 55.6. The largest absolute Gasteiger partial charge is 0.573 e. The molecule has 0 bridgehead atoms. The SMILES string of the molecule is O=C(O)c1[nH]nnc1Oc1cc(Cl)cc(C#Cc2ncc(Cn3nnc(Oc4ccc(C#Cc5ncc[nH]5)c(OC(F)(F)F)c4)c3C(=O)O)s2)c1. The number of aromatic carboxylic acids is 2. The fourth-order valence-electron chi connectivity index (χ4n) is 4.07. The van der Waals surface area contributed by atoms with Gasteiger partial charge in [-0.05, 0) is 42.2 Å². The molecule has 0 saturated carbocycles. The Labute approximate surface area is 290 Å². The van der Waals surface area contributed by atoms with Crippen molar-refractivity contribution < 1.29 is 47.2 Å². The molecular formula is C30H15ClF3N9O7S. The summed E-state index contributed by atoms with van der Waals surface area (Å²) in [5.74, 6) is 6.65. The number of aromatic amines is 2. The minimum atomic E-state index is -5.06. The molecule has 0 aliphatic heterocycles. The number of rotatable bonds is 9. The molecule has 0 atom stereocenters. The fraction of sp³-hybridized carbons (Fsp3) is 0.0667. The number of imidazole rings is 1. The Hall–Kier alpha value is -6.90. The number of ether oxygens (including phenoxy) is 3. The highest BCUT2D eigenvalue weighted by molar-refractivity contribution is 7.12. The van der Waals surface area contributed by atoms with Crippen LogP contribution in [0.25, 0.3) is 0 Å². The minimum Gasteiger partial charge on any atom is -0.476 e. The van der Waals surface area contributed by atoms with E-state index in [-0.39, 0.29) is 46.0 Å². The molecule has 51 heavy (non-hydrogen) atoms. The normalized spacial score (nSPS) is 10.8. The molecule has 0 fully saturated rings. The molecular weight excluding hydrogens is 723 g/mol. The summed E-state index contributed by atoms with van der Waals surface area (Å²) in [7, 11) is 0. The molecule has 0 unspecified atom stereocenters. The van der Waals surface area contributed by atoms with Crippen molar-refractivity contribution in [2.24, 2.45) is 0 Å². The lowest BCUT2D eigenvalue weighted by Gasteiger charge is -2.12. The number of nitrogens with one attached hydrogen (secondary N) is 2. The molecule has 0 spiro atoms. The van der Waals surface area contributed by atoms with Crippen molar-refractivity contribution in [2.75, 3.05) is 0 Å². The molecule has 0 aliphatic carbocycles. The molecule has 2 aromatic carbocycles. The van der Waals surface area contributed by atoms with Gasteiger partial charge in [0.25, 0.3) is 11.8 Å². The van der Waals surface area contributed by atoms with Gasteiger partial charge in [-0.1, -0.05) is 44.1 Å². The Kier molecular flexibility index (Phi) is 9.53. The highest BCUT2D eigenvalue weighted by Crippen LogP contribution is 2.33. The van der Waals surface area contributed by atoms with Crippen molar-refractivity contribution in [2.45, 2.75) is 12.9 Å². The van der Waals surface area contributed by atoms with E-state index in [1.54, 1.807) is 0 Å². The van der Waals surface area contributed by atoms with Crippen molar-refractivity contribution in [3.05, 3.63) is 98.2 Å². The third-order valence-electron chi connectivity index (χ3n) is 6.10. The van der Waals surface area contributed by atoms with Crippen molar-refractivity contribution >= 4 is 34.9 Å². The maximum absolute atomic E-state index is 13.2. The summed E-state index contributed by atoms with van der Waals surface area (Å²) in [5.41, 5.74) is -0.614. The Morgan fingerprint density at radius 2 is 1.78 bits per heavy atom. The zero-order chi connectivity index (χ0) is 36.1. The molecule has 4 aromatic heterocycles. The molecule has 0 amide bonds. The maximum atomic E-state index is 13.2. The molecule has 16 nitrogen and oxygen atoms in total. The Morgan fingerprint density at radius 3 is 2.53 bits per heavy atom. The number of carboxylic acids is 2. The van der Waals surface area contributed by atoms with Gasteiger partial charge in [0.05, 0.1) is 12.1 Å². The van der Waals surface area contributed by atoms with Crippen LogP contribution in [0.15, 0.2) is 55.0 Å². The smallest absolute Gasteiger partial charge is 0.476 e. The first-order valence-electron chi connectivity index (χ1n) is 13.8. The van der Waals surface area contributed by atoms with Crippen LogP contribution in [0.4, 0.5) is 13.2 Å². The van der Waals surface area contributed by atoms with Crippen LogP contribution in [0.1, 0.15) is 47.8 Å². The van der Waals surface area contributed by atoms with Crippen LogP contribution >= 0.6 is 22.9 Å². The first kappa shape index (κ1) is 34.0. The molecule has 0 saturated heterocycles. The second-order valence-corrected chi connectivity index (χ2v) is 11.2. The summed E-state index contributed by atoms with van der Waals surface area (Å²) in [6, 6.07) is 7.78. The predicted octanol–water partition coefficient (Wildman–Crippen LogP) is 4.96. The highest BCUT2D eigenvalue weighted by atomic mass is 35.5. The maximum Gasteiger partial charge on any atom is 0.573 e. The molecule has 21 heteroatoms. The van der Waals surface area contributed by atoms with Crippen LogP contribution < -0.4 is 14.2 Å². The van der Waals surface area contributed by atoms with Crippen molar-refractivity contribution in [3.63, 3.8) is 0 Å². The van der Waals surface area contributed by atoms with Gasteiger partial charge in [0, 0.05) is 40.1 Å². The first-order valence-corrected chi connectivity index (χ1v) is 14.9.